The number of rotatable bonds is 13. The van der Waals surface area contributed by atoms with Gasteiger partial charge in [-0.3, -0.25) is 13.9 Å². The highest BCUT2D eigenvalue weighted by Crippen LogP contribution is 2.26. The molecular formula is C35H37F2N3O4S. The number of halogens is 2. The van der Waals surface area contributed by atoms with Gasteiger partial charge in [0.15, 0.2) is 0 Å². The van der Waals surface area contributed by atoms with Crippen molar-refractivity contribution in [1.29, 1.82) is 0 Å². The second-order valence-corrected chi connectivity index (χ2v) is 12.8. The minimum absolute atomic E-state index is 0.0554. The number of nitrogens with one attached hydrogen (secondary N) is 1. The van der Waals surface area contributed by atoms with Crippen LogP contribution in [0.15, 0.2) is 108 Å². The van der Waals surface area contributed by atoms with E-state index in [1.54, 1.807) is 18.2 Å². The number of nitrogens with zero attached hydrogens (tertiary/aromatic N) is 2. The number of carbonyl (C=O) groups is 2. The Balaban J connectivity index is 1.81. The highest BCUT2D eigenvalue weighted by atomic mass is 32.2. The maximum absolute atomic E-state index is 15.0. The van der Waals surface area contributed by atoms with E-state index in [0.29, 0.717) is 6.42 Å². The highest BCUT2D eigenvalue weighted by Gasteiger charge is 2.35. The molecule has 0 aliphatic carbocycles. The van der Waals surface area contributed by atoms with Crippen molar-refractivity contribution in [2.24, 2.45) is 0 Å². The summed E-state index contributed by atoms with van der Waals surface area (Å²) in [4.78, 5) is 29.3. The Morgan fingerprint density at radius 1 is 0.844 bits per heavy atom. The largest absolute Gasteiger partial charge is 0.352 e. The van der Waals surface area contributed by atoms with E-state index in [9.17, 15) is 26.8 Å². The van der Waals surface area contributed by atoms with Crippen molar-refractivity contribution in [3.05, 3.63) is 131 Å². The number of hydrogen-bond donors (Lipinski definition) is 1. The number of carbonyl (C=O) groups excluding carboxylic acids is 2. The smallest absolute Gasteiger partial charge is 0.264 e. The average molecular weight is 634 g/mol. The summed E-state index contributed by atoms with van der Waals surface area (Å²) in [5.74, 6) is -2.34. The van der Waals surface area contributed by atoms with Crippen LogP contribution in [0, 0.1) is 18.6 Å². The van der Waals surface area contributed by atoms with Crippen LogP contribution in [-0.4, -0.2) is 43.8 Å². The predicted molar refractivity (Wildman–Crippen MR) is 171 cm³/mol. The van der Waals surface area contributed by atoms with Crippen LogP contribution in [-0.2, 0) is 32.6 Å². The molecule has 0 fully saturated rings. The molecular weight excluding hydrogens is 596 g/mol. The Kier molecular flexibility index (Phi) is 11.1. The molecule has 0 aliphatic rings. The molecule has 0 heterocycles. The molecule has 0 aromatic heterocycles. The van der Waals surface area contributed by atoms with Crippen molar-refractivity contribution in [2.75, 3.05) is 10.8 Å². The SMILES string of the molecule is CC[C@@H](C)NC(=O)[C@H](Cc1ccccc1)N(Cc1ccccc1F)C(=O)CN(c1ccc(F)cc1)S(=O)(=O)c1ccc(C)cc1. The molecule has 45 heavy (non-hydrogen) atoms. The van der Waals surface area contributed by atoms with Crippen molar-refractivity contribution in [2.45, 2.75) is 57.1 Å². The van der Waals surface area contributed by atoms with Gasteiger partial charge in [-0.25, -0.2) is 17.2 Å². The minimum Gasteiger partial charge on any atom is -0.352 e. The van der Waals surface area contributed by atoms with Crippen molar-refractivity contribution in [3.63, 3.8) is 0 Å². The molecule has 4 aromatic carbocycles. The highest BCUT2D eigenvalue weighted by molar-refractivity contribution is 7.92. The Bertz CT molecular complexity index is 1700. The summed E-state index contributed by atoms with van der Waals surface area (Å²) >= 11 is 0. The topological polar surface area (TPSA) is 86.8 Å². The van der Waals surface area contributed by atoms with Crippen molar-refractivity contribution >= 4 is 27.5 Å². The molecule has 1 N–H and O–H groups in total. The third kappa shape index (κ3) is 8.54. The van der Waals surface area contributed by atoms with E-state index in [4.69, 9.17) is 0 Å². The summed E-state index contributed by atoms with van der Waals surface area (Å²) in [6.07, 6.45) is 0.739. The van der Waals surface area contributed by atoms with E-state index in [1.165, 1.54) is 47.4 Å². The fraction of sp³-hybridized carbons (Fsp3) is 0.257. The number of benzene rings is 4. The molecule has 0 saturated heterocycles. The third-order valence-electron chi connectivity index (χ3n) is 7.57. The van der Waals surface area contributed by atoms with Gasteiger partial charge in [0.2, 0.25) is 11.8 Å². The van der Waals surface area contributed by atoms with Crippen LogP contribution in [0.1, 0.15) is 37.0 Å². The maximum Gasteiger partial charge on any atom is 0.264 e. The summed E-state index contributed by atoms with van der Waals surface area (Å²) in [7, 11) is -4.33. The number of aryl methyl sites for hydroxylation is 1. The Morgan fingerprint density at radius 2 is 1.47 bits per heavy atom. The second kappa shape index (κ2) is 14.9. The quantitative estimate of drug-likeness (QED) is 0.195. The molecule has 7 nitrogen and oxygen atoms in total. The first-order valence-corrected chi connectivity index (χ1v) is 16.2. The van der Waals surface area contributed by atoms with Gasteiger partial charge in [-0.15, -0.1) is 0 Å². The average Bonchev–Trinajstić information content (AvgIpc) is 3.03. The lowest BCUT2D eigenvalue weighted by atomic mass is 10.0. The molecule has 0 unspecified atom stereocenters. The standard InChI is InChI=1S/C35H37F2N3O4S/c1-4-26(3)38-35(42)33(22-27-10-6-5-7-11-27)39(23-28-12-8-9-13-32(28)37)34(41)24-40(30-18-16-29(36)17-19-30)45(43,44)31-20-14-25(2)15-21-31/h5-21,26,33H,4,22-24H2,1-3H3,(H,38,42)/t26-,33+/m1/s1. The van der Waals surface area contributed by atoms with E-state index >= 15 is 0 Å². The first kappa shape index (κ1) is 33.3. The van der Waals surface area contributed by atoms with E-state index in [2.05, 4.69) is 5.32 Å². The predicted octanol–water partition coefficient (Wildman–Crippen LogP) is 6.02. The van der Waals surface area contributed by atoms with Crippen LogP contribution in [0.25, 0.3) is 0 Å². The van der Waals surface area contributed by atoms with Gasteiger partial charge < -0.3 is 10.2 Å². The van der Waals surface area contributed by atoms with Gasteiger partial charge in [0.25, 0.3) is 10.0 Å². The monoisotopic (exact) mass is 633 g/mol. The van der Waals surface area contributed by atoms with Crippen molar-refractivity contribution < 1.29 is 26.8 Å². The van der Waals surface area contributed by atoms with Crippen LogP contribution < -0.4 is 9.62 Å². The fourth-order valence-corrected chi connectivity index (χ4v) is 6.19. The van der Waals surface area contributed by atoms with Gasteiger partial charge in [0.1, 0.15) is 24.2 Å². The summed E-state index contributed by atoms with van der Waals surface area (Å²) in [5, 5.41) is 2.94. The summed E-state index contributed by atoms with van der Waals surface area (Å²) < 4.78 is 57.8. The Morgan fingerprint density at radius 3 is 2.09 bits per heavy atom. The maximum atomic E-state index is 15.0. The van der Waals surface area contributed by atoms with Gasteiger partial charge >= 0.3 is 0 Å². The molecule has 4 aromatic rings. The van der Waals surface area contributed by atoms with Gasteiger partial charge in [-0.05, 0) is 68.3 Å². The van der Waals surface area contributed by atoms with E-state index in [-0.39, 0.29) is 35.2 Å². The molecule has 4 rings (SSSR count). The van der Waals surface area contributed by atoms with Gasteiger partial charge in [-0.2, -0.15) is 0 Å². The fourth-order valence-electron chi connectivity index (χ4n) is 4.78. The lowest BCUT2D eigenvalue weighted by Gasteiger charge is -2.34. The number of anilines is 1. The number of hydrogen-bond acceptors (Lipinski definition) is 4. The molecule has 0 radical (unpaired) electrons. The van der Waals surface area contributed by atoms with Crippen LogP contribution in [0.3, 0.4) is 0 Å². The minimum atomic E-state index is -4.33. The molecule has 0 saturated carbocycles. The zero-order chi connectivity index (χ0) is 32.6. The molecule has 10 heteroatoms. The zero-order valence-electron chi connectivity index (χ0n) is 25.5. The van der Waals surface area contributed by atoms with Crippen LogP contribution in [0.5, 0.6) is 0 Å². The molecule has 236 valence electrons. The zero-order valence-corrected chi connectivity index (χ0v) is 26.3. The van der Waals surface area contributed by atoms with Crippen LogP contribution in [0.2, 0.25) is 0 Å². The number of sulfonamides is 1. The van der Waals surface area contributed by atoms with E-state index < -0.39 is 46.1 Å². The molecule has 0 bridgehead atoms. The van der Waals surface area contributed by atoms with Crippen LogP contribution >= 0.6 is 0 Å². The van der Waals surface area contributed by atoms with Crippen molar-refractivity contribution in [3.8, 4) is 0 Å². The normalized spacial score (nSPS) is 12.6. The van der Waals surface area contributed by atoms with E-state index in [0.717, 1.165) is 27.6 Å². The Hall–Kier alpha value is -4.57. The summed E-state index contributed by atoms with van der Waals surface area (Å²) in [5.41, 5.74) is 1.82. The molecule has 0 aliphatic heterocycles. The molecule has 2 atom stereocenters. The lowest BCUT2D eigenvalue weighted by Crippen LogP contribution is -2.54. The molecule has 0 spiro atoms. The third-order valence-corrected chi connectivity index (χ3v) is 9.36. The lowest BCUT2D eigenvalue weighted by molar-refractivity contribution is -0.140. The first-order valence-electron chi connectivity index (χ1n) is 14.7. The first-order chi connectivity index (χ1) is 21.5. The number of amides is 2. The summed E-state index contributed by atoms with van der Waals surface area (Å²) in [6.45, 7) is 4.55. The molecule has 2 amide bonds. The summed E-state index contributed by atoms with van der Waals surface area (Å²) in [6, 6.07) is 24.6. The Labute approximate surface area is 263 Å². The van der Waals surface area contributed by atoms with Crippen molar-refractivity contribution in [1.82, 2.24) is 10.2 Å². The van der Waals surface area contributed by atoms with Crippen LogP contribution in [0.4, 0.5) is 14.5 Å². The van der Waals surface area contributed by atoms with Gasteiger partial charge in [0.05, 0.1) is 10.6 Å². The van der Waals surface area contributed by atoms with Gasteiger partial charge in [0, 0.05) is 24.6 Å². The van der Waals surface area contributed by atoms with E-state index in [1.807, 2.05) is 51.1 Å². The second-order valence-electron chi connectivity index (χ2n) is 10.9. The van der Waals surface area contributed by atoms with Gasteiger partial charge in [-0.1, -0.05) is 73.2 Å².